The summed E-state index contributed by atoms with van der Waals surface area (Å²) in [5, 5.41) is 4.56. The highest BCUT2D eigenvalue weighted by Gasteiger charge is 2.08. The number of primary amides is 1. The van der Waals surface area contributed by atoms with Crippen LogP contribution in [0.5, 0.6) is 0 Å². The molecule has 0 aliphatic heterocycles. The number of benzene rings is 1. The van der Waals surface area contributed by atoms with Crippen LogP contribution < -0.4 is 11.1 Å². The Hall–Kier alpha value is -2.40. The van der Waals surface area contributed by atoms with E-state index in [4.69, 9.17) is 5.73 Å². The first-order valence-corrected chi connectivity index (χ1v) is 6.46. The number of carbonyl (C=O) groups excluding carboxylic acids is 2. The number of hydrogen-bond donors (Lipinski definition) is 2. The molecule has 1 heterocycles. The van der Waals surface area contributed by atoms with E-state index in [0.717, 1.165) is 4.88 Å². The number of hydrogen-bond acceptors (Lipinski definition) is 3. The Labute approximate surface area is 114 Å². The smallest absolute Gasteiger partial charge is 0.250 e. The molecular weight excluding hydrogens is 260 g/mol. The largest absolute Gasteiger partial charge is 0.366 e. The molecule has 0 atom stereocenters. The van der Waals surface area contributed by atoms with Gasteiger partial charge in [0.2, 0.25) is 5.91 Å². The lowest BCUT2D eigenvalue weighted by molar-refractivity contribution is -0.111. The number of anilines is 1. The van der Waals surface area contributed by atoms with Crippen molar-refractivity contribution in [1.29, 1.82) is 0 Å². The Morgan fingerprint density at radius 1 is 1.16 bits per heavy atom. The molecule has 96 valence electrons. The molecule has 3 N–H and O–H groups in total. The average Bonchev–Trinajstić information content (AvgIpc) is 2.90. The van der Waals surface area contributed by atoms with Crippen LogP contribution in [-0.4, -0.2) is 11.8 Å². The van der Waals surface area contributed by atoms with Crippen molar-refractivity contribution in [3.05, 3.63) is 58.3 Å². The molecule has 0 aliphatic carbocycles. The van der Waals surface area contributed by atoms with Crippen molar-refractivity contribution in [2.75, 3.05) is 5.32 Å². The summed E-state index contributed by atoms with van der Waals surface area (Å²) in [6, 6.07) is 10.4. The molecule has 4 nitrogen and oxygen atoms in total. The lowest BCUT2D eigenvalue weighted by Crippen LogP contribution is -2.16. The highest BCUT2D eigenvalue weighted by Crippen LogP contribution is 2.15. The molecule has 1 aromatic heterocycles. The summed E-state index contributed by atoms with van der Waals surface area (Å²) in [4.78, 5) is 23.9. The SMILES string of the molecule is NC(=O)c1ccccc1NC(=O)/C=C/c1cccs1. The number of para-hydroxylation sites is 1. The number of rotatable bonds is 4. The summed E-state index contributed by atoms with van der Waals surface area (Å²) in [7, 11) is 0. The van der Waals surface area contributed by atoms with Crippen LogP contribution in [0.1, 0.15) is 15.2 Å². The van der Waals surface area contributed by atoms with Crippen LogP contribution in [0.2, 0.25) is 0 Å². The van der Waals surface area contributed by atoms with Crippen LogP contribution in [0, 0.1) is 0 Å². The Bertz CT molecular complexity index is 618. The summed E-state index contributed by atoms with van der Waals surface area (Å²) in [5.41, 5.74) is 5.94. The zero-order valence-electron chi connectivity index (χ0n) is 10.00. The monoisotopic (exact) mass is 272 g/mol. The fraction of sp³-hybridized carbons (Fsp3) is 0. The van der Waals surface area contributed by atoms with Gasteiger partial charge >= 0.3 is 0 Å². The van der Waals surface area contributed by atoms with Gasteiger partial charge in [0.05, 0.1) is 11.3 Å². The van der Waals surface area contributed by atoms with Gasteiger partial charge in [0, 0.05) is 11.0 Å². The molecule has 5 heteroatoms. The van der Waals surface area contributed by atoms with Crippen LogP contribution in [0.15, 0.2) is 47.9 Å². The summed E-state index contributed by atoms with van der Waals surface area (Å²) in [6.45, 7) is 0. The van der Waals surface area contributed by atoms with Crippen LogP contribution >= 0.6 is 11.3 Å². The molecule has 1 aromatic carbocycles. The standard InChI is InChI=1S/C14H12N2O2S/c15-14(18)11-5-1-2-6-12(11)16-13(17)8-7-10-4-3-9-19-10/h1-9H,(H2,15,18)(H,16,17)/b8-7+. The topological polar surface area (TPSA) is 72.2 Å². The van der Waals surface area contributed by atoms with Crippen LogP contribution in [0.4, 0.5) is 5.69 Å². The minimum absolute atomic E-state index is 0.292. The Balaban J connectivity index is 2.09. The van der Waals surface area contributed by atoms with Crippen molar-refractivity contribution in [3.8, 4) is 0 Å². The molecule has 0 saturated carbocycles. The number of nitrogens with one attached hydrogen (secondary N) is 1. The van der Waals surface area contributed by atoms with Gasteiger partial charge in [0.25, 0.3) is 5.91 Å². The zero-order valence-corrected chi connectivity index (χ0v) is 10.8. The van der Waals surface area contributed by atoms with Crippen molar-refractivity contribution in [2.45, 2.75) is 0 Å². The third kappa shape index (κ3) is 3.53. The predicted molar refractivity (Wildman–Crippen MR) is 76.9 cm³/mol. The number of thiophene rings is 1. The molecule has 0 spiro atoms. The minimum atomic E-state index is -0.571. The van der Waals surface area contributed by atoms with Gasteiger partial charge in [-0.15, -0.1) is 11.3 Å². The fourth-order valence-corrected chi connectivity index (χ4v) is 2.14. The van der Waals surface area contributed by atoms with Crippen molar-refractivity contribution < 1.29 is 9.59 Å². The number of carbonyl (C=O) groups is 2. The molecule has 0 aliphatic rings. The quantitative estimate of drug-likeness (QED) is 0.839. The molecule has 0 fully saturated rings. The van der Waals surface area contributed by atoms with E-state index in [1.54, 1.807) is 30.3 Å². The molecule has 2 aromatic rings. The Kier molecular flexibility index (Phi) is 4.10. The molecule has 0 bridgehead atoms. The van der Waals surface area contributed by atoms with E-state index >= 15 is 0 Å². The second-order valence-corrected chi connectivity index (χ2v) is 4.73. The van der Waals surface area contributed by atoms with Crippen molar-refractivity contribution in [2.24, 2.45) is 5.73 Å². The average molecular weight is 272 g/mol. The van der Waals surface area contributed by atoms with E-state index < -0.39 is 5.91 Å². The highest BCUT2D eigenvalue weighted by molar-refractivity contribution is 7.10. The fourth-order valence-electron chi connectivity index (χ4n) is 1.53. The summed E-state index contributed by atoms with van der Waals surface area (Å²) >= 11 is 1.54. The highest BCUT2D eigenvalue weighted by atomic mass is 32.1. The van der Waals surface area contributed by atoms with Crippen LogP contribution in [-0.2, 0) is 4.79 Å². The maximum absolute atomic E-state index is 11.7. The molecule has 0 saturated heterocycles. The third-order valence-electron chi connectivity index (χ3n) is 2.39. The van der Waals surface area contributed by atoms with E-state index in [1.165, 1.54) is 17.4 Å². The molecule has 2 rings (SSSR count). The maximum Gasteiger partial charge on any atom is 0.250 e. The zero-order chi connectivity index (χ0) is 13.7. The van der Waals surface area contributed by atoms with Crippen LogP contribution in [0.25, 0.3) is 6.08 Å². The van der Waals surface area contributed by atoms with Crippen molar-refractivity contribution in [3.63, 3.8) is 0 Å². The Morgan fingerprint density at radius 2 is 1.95 bits per heavy atom. The molecule has 2 amide bonds. The summed E-state index contributed by atoms with van der Waals surface area (Å²) in [6.07, 6.45) is 3.14. The van der Waals surface area contributed by atoms with Gasteiger partial charge in [-0.2, -0.15) is 0 Å². The number of nitrogens with two attached hydrogens (primary N) is 1. The first-order chi connectivity index (χ1) is 9.16. The minimum Gasteiger partial charge on any atom is -0.366 e. The first-order valence-electron chi connectivity index (χ1n) is 5.58. The van der Waals surface area contributed by atoms with E-state index in [2.05, 4.69) is 5.32 Å². The van der Waals surface area contributed by atoms with Crippen LogP contribution in [0.3, 0.4) is 0 Å². The maximum atomic E-state index is 11.7. The molecule has 19 heavy (non-hydrogen) atoms. The lowest BCUT2D eigenvalue weighted by Gasteiger charge is -2.06. The lowest BCUT2D eigenvalue weighted by atomic mass is 10.1. The predicted octanol–water partition coefficient (Wildman–Crippen LogP) is 2.50. The van der Waals surface area contributed by atoms with Gasteiger partial charge in [-0.25, -0.2) is 0 Å². The normalized spacial score (nSPS) is 10.5. The van der Waals surface area contributed by atoms with Gasteiger partial charge in [-0.3, -0.25) is 9.59 Å². The van der Waals surface area contributed by atoms with Gasteiger partial charge in [-0.05, 0) is 29.7 Å². The van der Waals surface area contributed by atoms with Gasteiger partial charge < -0.3 is 11.1 Å². The van der Waals surface area contributed by atoms with E-state index in [9.17, 15) is 9.59 Å². The third-order valence-corrected chi connectivity index (χ3v) is 3.23. The van der Waals surface area contributed by atoms with E-state index in [0.29, 0.717) is 11.3 Å². The second kappa shape index (κ2) is 5.97. The van der Waals surface area contributed by atoms with Crippen molar-refractivity contribution in [1.82, 2.24) is 0 Å². The van der Waals surface area contributed by atoms with E-state index in [1.807, 2.05) is 17.5 Å². The second-order valence-electron chi connectivity index (χ2n) is 3.75. The molecule has 0 unspecified atom stereocenters. The van der Waals surface area contributed by atoms with Gasteiger partial charge in [0.1, 0.15) is 0 Å². The Morgan fingerprint density at radius 3 is 2.63 bits per heavy atom. The van der Waals surface area contributed by atoms with E-state index in [-0.39, 0.29) is 5.91 Å². The first kappa shape index (κ1) is 13.0. The van der Waals surface area contributed by atoms with Crippen molar-refractivity contribution >= 4 is 34.9 Å². The summed E-state index contributed by atoms with van der Waals surface area (Å²) < 4.78 is 0. The molecule has 0 radical (unpaired) electrons. The molecular formula is C14H12N2O2S. The summed E-state index contributed by atoms with van der Waals surface area (Å²) in [5.74, 6) is -0.875. The van der Waals surface area contributed by atoms with Gasteiger partial charge in [-0.1, -0.05) is 18.2 Å². The number of amides is 2. The van der Waals surface area contributed by atoms with Gasteiger partial charge in [0.15, 0.2) is 0 Å².